The molecule has 2 heterocycles. The highest BCUT2D eigenvalue weighted by molar-refractivity contribution is 5.89. The molecule has 2 aliphatic rings. The molecule has 3 atom stereocenters. The van der Waals surface area contributed by atoms with E-state index in [-0.39, 0.29) is 24.8 Å². The second kappa shape index (κ2) is 6.86. The van der Waals surface area contributed by atoms with Crippen LogP contribution in [-0.2, 0) is 23.9 Å². The van der Waals surface area contributed by atoms with Crippen molar-refractivity contribution in [3.63, 3.8) is 0 Å². The van der Waals surface area contributed by atoms with Crippen LogP contribution in [0.25, 0.3) is 0 Å². The van der Waals surface area contributed by atoms with Crippen LogP contribution in [0.4, 0.5) is 0 Å². The molecule has 3 N–H and O–H groups in total. The molecule has 0 spiro atoms. The summed E-state index contributed by atoms with van der Waals surface area (Å²) in [6.45, 7) is 2.58. The second-order valence-electron chi connectivity index (χ2n) is 5.08. The monoisotopic (exact) mass is 299 g/mol. The van der Waals surface area contributed by atoms with Crippen LogP contribution < -0.4 is 11.1 Å². The smallest absolute Gasteiger partial charge is 0.310 e. The van der Waals surface area contributed by atoms with Gasteiger partial charge in [-0.05, 0) is 19.8 Å². The lowest BCUT2D eigenvalue weighted by atomic mass is 10.1. The first kappa shape index (κ1) is 15.7. The predicted molar refractivity (Wildman–Crippen MR) is 71.8 cm³/mol. The summed E-state index contributed by atoms with van der Waals surface area (Å²) in [4.78, 5) is 36.8. The molecule has 8 nitrogen and oxygen atoms in total. The average Bonchev–Trinajstić information content (AvgIpc) is 3.06. The van der Waals surface area contributed by atoms with Gasteiger partial charge in [0.15, 0.2) is 0 Å². The molecule has 0 unspecified atom stereocenters. The number of ether oxygens (including phenoxy) is 2. The van der Waals surface area contributed by atoms with Gasteiger partial charge in [0, 0.05) is 13.2 Å². The third-order valence-electron chi connectivity index (χ3n) is 3.67. The molecule has 2 aliphatic heterocycles. The van der Waals surface area contributed by atoms with Crippen LogP contribution in [-0.4, -0.2) is 60.8 Å². The van der Waals surface area contributed by atoms with Crippen LogP contribution in [0.2, 0.25) is 0 Å². The van der Waals surface area contributed by atoms with E-state index in [4.69, 9.17) is 15.2 Å². The zero-order valence-corrected chi connectivity index (χ0v) is 12.0. The van der Waals surface area contributed by atoms with E-state index < -0.39 is 24.3 Å². The van der Waals surface area contributed by atoms with Crippen molar-refractivity contribution in [2.75, 3.05) is 19.7 Å². The minimum Gasteiger partial charge on any atom is -0.433 e. The zero-order valence-electron chi connectivity index (χ0n) is 12.0. The summed E-state index contributed by atoms with van der Waals surface area (Å²) in [7, 11) is 0. The van der Waals surface area contributed by atoms with Gasteiger partial charge in [-0.25, -0.2) is 0 Å². The number of esters is 1. The number of hydrogen-bond donors (Lipinski definition) is 2. The van der Waals surface area contributed by atoms with Crippen molar-refractivity contribution in [3.8, 4) is 0 Å². The minimum atomic E-state index is -0.758. The number of nitrogens with one attached hydrogen (secondary N) is 1. The van der Waals surface area contributed by atoms with E-state index in [9.17, 15) is 14.4 Å². The normalized spacial score (nSPS) is 28.6. The van der Waals surface area contributed by atoms with Gasteiger partial charge >= 0.3 is 5.97 Å². The highest BCUT2D eigenvalue weighted by Crippen LogP contribution is 2.20. The molecule has 8 heteroatoms. The van der Waals surface area contributed by atoms with Crippen molar-refractivity contribution in [1.29, 1.82) is 0 Å². The maximum absolute atomic E-state index is 12.3. The Kier molecular flexibility index (Phi) is 5.13. The summed E-state index contributed by atoms with van der Waals surface area (Å²) in [5, 5.41) is 2.75. The minimum absolute atomic E-state index is 0.0773. The van der Waals surface area contributed by atoms with Crippen molar-refractivity contribution in [3.05, 3.63) is 0 Å². The molecule has 118 valence electrons. The lowest BCUT2D eigenvalue weighted by Gasteiger charge is -2.26. The SMILES string of the molecule is CCO[C@@H]1OC(=O)C[C@@H]1NC(=O)[C@@H]1CCCN1C(=O)CN. The Bertz CT molecular complexity index is 428. The fraction of sp³-hybridized carbons (Fsp3) is 0.769. The number of carbonyl (C=O) groups excluding carboxylic acids is 3. The fourth-order valence-electron chi connectivity index (χ4n) is 2.70. The molecule has 0 aromatic carbocycles. The Hall–Kier alpha value is -1.67. The van der Waals surface area contributed by atoms with Crippen LogP contribution in [0.3, 0.4) is 0 Å². The molecule has 2 amide bonds. The number of rotatable bonds is 5. The standard InChI is InChI=1S/C13H21N3O5/c1-2-20-13-8(6-11(18)21-13)15-12(19)9-4-3-5-16(9)10(17)7-14/h8-9,13H,2-7,14H2,1H3,(H,15,19)/t8-,9-,13+/m0/s1. The Labute approximate surface area is 122 Å². The number of cyclic esters (lactones) is 1. The van der Waals surface area contributed by atoms with Gasteiger partial charge in [-0.15, -0.1) is 0 Å². The first-order valence-corrected chi connectivity index (χ1v) is 7.17. The Morgan fingerprint density at radius 1 is 1.52 bits per heavy atom. The lowest BCUT2D eigenvalue weighted by molar-refractivity contribution is -0.164. The summed E-state index contributed by atoms with van der Waals surface area (Å²) in [5.74, 6) is -0.935. The predicted octanol–water partition coefficient (Wildman–Crippen LogP) is -1.27. The first-order chi connectivity index (χ1) is 10.1. The van der Waals surface area contributed by atoms with Crippen LogP contribution in [0, 0.1) is 0 Å². The van der Waals surface area contributed by atoms with Crippen LogP contribution in [0.5, 0.6) is 0 Å². The van der Waals surface area contributed by atoms with E-state index in [2.05, 4.69) is 5.32 Å². The van der Waals surface area contributed by atoms with Crippen LogP contribution >= 0.6 is 0 Å². The lowest BCUT2D eigenvalue weighted by Crippen LogP contribution is -2.52. The fourth-order valence-corrected chi connectivity index (χ4v) is 2.70. The van der Waals surface area contributed by atoms with Gasteiger partial charge in [0.25, 0.3) is 0 Å². The Morgan fingerprint density at radius 3 is 2.95 bits per heavy atom. The molecule has 2 saturated heterocycles. The molecule has 0 saturated carbocycles. The largest absolute Gasteiger partial charge is 0.433 e. The third kappa shape index (κ3) is 3.51. The van der Waals surface area contributed by atoms with Crippen molar-refractivity contribution in [1.82, 2.24) is 10.2 Å². The number of amides is 2. The second-order valence-corrected chi connectivity index (χ2v) is 5.08. The number of likely N-dealkylation sites (tertiary alicyclic amines) is 1. The molecule has 0 aromatic rings. The van der Waals surface area contributed by atoms with Gasteiger partial charge in [0.05, 0.1) is 13.0 Å². The van der Waals surface area contributed by atoms with Gasteiger partial charge in [0.1, 0.15) is 12.1 Å². The number of nitrogens with two attached hydrogens (primary N) is 1. The topological polar surface area (TPSA) is 111 Å². The Balaban J connectivity index is 1.97. The first-order valence-electron chi connectivity index (χ1n) is 7.17. The van der Waals surface area contributed by atoms with Crippen LogP contribution in [0.15, 0.2) is 0 Å². The van der Waals surface area contributed by atoms with E-state index in [1.54, 1.807) is 6.92 Å². The molecule has 0 aromatic heterocycles. The molecular weight excluding hydrogens is 278 g/mol. The molecular formula is C13H21N3O5. The van der Waals surface area contributed by atoms with Crippen molar-refractivity contribution in [2.45, 2.75) is 44.6 Å². The molecule has 2 rings (SSSR count). The summed E-state index contributed by atoms with van der Waals surface area (Å²) in [5.41, 5.74) is 5.35. The summed E-state index contributed by atoms with van der Waals surface area (Å²) >= 11 is 0. The summed E-state index contributed by atoms with van der Waals surface area (Å²) < 4.78 is 10.3. The van der Waals surface area contributed by atoms with E-state index in [0.717, 1.165) is 6.42 Å². The summed E-state index contributed by atoms with van der Waals surface area (Å²) in [6.07, 6.45) is 0.678. The quantitative estimate of drug-likeness (QED) is 0.612. The van der Waals surface area contributed by atoms with Crippen molar-refractivity contribution >= 4 is 17.8 Å². The average molecular weight is 299 g/mol. The summed E-state index contributed by atoms with van der Waals surface area (Å²) in [6, 6.07) is -1.04. The van der Waals surface area contributed by atoms with E-state index >= 15 is 0 Å². The van der Waals surface area contributed by atoms with E-state index in [1.165, 1.54) is 4.90 Å². The number of nitrogens with zero attached hydrogens (tertiary/aromatic N) is 1. The van der Waals surface area contributed by atoms with Crippen molar-refractivity contribution in [2.24, 2.45) is 5.73 Å². The highest BCUT2D eigenvalue weighted by atomic mass is 16.7. The molecule has 0 radical (unpaired) electrons. The number of hydrogen-bond acceptors (Lipinski definition) is 6. The molecule has 0 bridgehead atoms. The molecule has 0 aliphatic carbocycles. The molecule has 2 fully saturated rings. The maximum atomic E-state index is 12.3. The third-order valence-corrected chi connectivity index (χ3v) is 3.67. The van der Waals surface area contributed by atoms with E-state index in [1.807, 2.05) is 0 Å². The Morgan fingerprint density at radius 2 is 2.29 bits per heavy atom. The van der Waals surface area contributed by atoms with Crippen molar-refractivity contribution < 1.29 is 23.9 Å². The van der Waals surface area contributed by atoms with Gasteiger partial charge in [-0.1, -0.05) is 0 Å². The van der Waals surface area contributed by atoms with Crippen LogP contribution in [0.1, 0.15) is 26.2 Å². The number of carbonyl (C=O) groups is 3. The highest BCUT2D eigenvalue weighted by Gasteiger charge is 2.40. The van der Waals surface area contributed by atoms with Gasteiger partial charge < -0.3 is 25.4 Å². The van der Waals surface area contributed by atoms with Gasteiger partial charge in [-0.2, -0.15) is 0 Å². The molecule has 21 heavy (non-hydrogen) atoms. The van der Waals surface area contributed by atoms with Gasteiger partial charge in [-0.3, -0.25) is 14.4 Å². The zero-order chi connectivity index (χ0) is 15.4. The maximum Gasteiger partial charge on any atom is 0.310 e. The van der Waals surface area contributed by atoms with E-state index in [0.29, 0.717) is 19.6 Å². The van der Waals surface area contributed by atoms with Gasteiger partial charge in [0.2, 0.25) is 18.1 Å².